The fourth-order valence-electron chi connectivity index (χ4n) is 2.95. The molecule has 0 aromatic heterocycles. The molecule has 0 aromatic carbocycles. The molecule has 0 aromatic rings. The summed E-state index contributed by atoms with van der Waals surface area (Å²) in [4.78, 5) is 12.0. The summed E-state index contributed by atoms with van der Waals surface area (Å²) in [6, 6.07) is 0.346. The first-order valence-electron chi connectivity index (χ1n) is 6.68. The zero-order chi connectivity index (χ0) is 11.6. The lowest BCUT2D eigenvalue weighted by atomic mass is 9.67. The van der Waals surface area contributed by atoms with Gasteiger partial charge in [0.25, 0.3) is 0 Å². The maximum atomic E-state index is 12.0. The monoisotopic (exact) mass is 224 g/mol. The SMILES string of the molecule is CCC1(CNC(=O)C2CCNC2C)CCC1. The summed E-state index contributed by atoms with van der Waals surface area (Å²) in [5.41, 5.74) is 0.435. The van der Waals surface area contributed by atoms with Crippen LogP contribution in [0.15, 0.2) is 0 Å². The molecule has 2 atom stereocenters. The van der Waals surface area contributed by atoms with E-state index in [9.17, 15) is 4.79 Å². The Balaban J connectivity index is 1.79. The molecule has 1 amide bonds. The summed E-state index contributed by atoms with van der Waals surface area (Å²) in [5.74, 6) is 0.450. The second-order valence-corrected chi connectivity index (χ2v) is 5.56. The summed E-state index contributed by atoms with van der Waals surface area (Å²) >= 11 is 0. The predicted molar refractivity (Wildman–Crippen MR) is 65.2 cm³/mol. The number of nitrogens with one attached hydrogen (secondary N) is 2. The number of rotatable bonds is 4. The highest BCUT2D eigenvalue weighted by atomic mass is 16.1. The van der Waals surface area contributed by atoms with Crippen LogP contribution in [0.2, 0.25) is 0 Å². The van der Waals surface area contributed by atoms with Gasteiger partial charge in [0, 0.05) is 12.6 Å². The second kappa shape index (κ2) is 4.74. The van der Waals surface area contributed by atoms with Gasteiger partial charge in [-0.3, -0.25) is 4.79 Å². The molecule has 92 valence electrons. The van der Waals surface area contributed by atoms with E-state index in [-0.39, 0.29) is 11.8 Å². The van der Waals surface area contributed by atoms with E-state index in [1.807, 2.05) is 0 Å². The van der Waals surface area contributed by atoms with Gasteiger partial charge in [-0.25, -0.2) is 0 Å². The first kappa shape index (κ1) is 11.9. The Hall–Kier alpha value is -0.570. The van der Waals surface area contributed by atoms with Crippen LogP contribution < -0.4 is 10.6 Å². The van der Waals surface area contributed by atoms with Crippen LogP contribution >= 0.6 is 0 Å². The minimum Gasteiger partial charge on any atom is -0.355 e. The fraction of sp³-hybridized carbons (Fsp3) is 0.923. The lowest BCUT2D eigenvalue weighted by Crippen LogP contribution is -2.45. The van der Waals surface area contributed by atoms with Crippen LogP contribution in [0.4, 0.5) is 0 Å². The van der Waals surface area contributed by atoms with Crippen molar-refractivity contribution in [2.45, 2.75) is 52.0 Å². The van der Waals surface area contributed by atoms with Crippen LogP contribution in [0, 0.1) is 11.3 Å². The van der Waals surface area contributed by atoms with E-state index >= 15 is 0 Å². The zero-order valence-corrected chi connectivity index (χ0v) is 10.5. The minimum absolute atomic E-state index is 0.189. The molecule has 0 spiro atoms. The largest absolute Gasteiger partial charge is 0.355 e. The van der Waals surface area contributed by atoms with Crippen molar-refractivity contribution in [3.05, 3.63) is 0 Å². The Morgan fingerprint density at radius 1 is 1.50 bits per heavy atom. The molecule has 2 unspecified atom stereocenters. The predicted octanol–water partition coefficient (Wildman–Crippen LogP) is 1.68. The van der Waals surface area contributed by atoms with Gasteiger partial charge in [0.2, 0.25) is 5.91 Å². The van der Waals surface area contributed by atoms with Gasteiger partial charge in [0.05, 0.1) is 5.92 Å². The van der Waals surface area contributed by atoms with Crippen molar-refractivity contribution in [1.29, 1.82) is 0 Å². The zero-order valence-electron chi connectivity index (χ0n) is 10.5. The van der Waals surface area contributed by atoms with Crippen molar-refractivity contribution in [1.82, 2.24) is 10.6 Å². The lowest BCUT2D eigenvalue weighted by molar-refractivity contribution is -0.126. The maximum absolute atomic E-state index is 12.0. The van der Waals surface area contributed by atoms with E-state index < -0.39 is 0 Å². The van der Waals surface area contributed by atoms with Crippen molar-refractivity contribution >= 4 is 5.91 Å². The molecule has 2 fully saturated rings. The van der Waals surface area contributed by atoms with Crippen molar-refractivity contribution in [3.8, 4) is 0 Å². The molecular weight excluding hydrogens is 200 g/mol. The maximum Gasteiger partial charge on any atom is 0.224 e. The van der Waals surface area contributed by atoms with Crippen LogP contribution in [0.3, 0.4) is 0 Å². The van der Waals surface area contributed by atoms with Crippen LogP contribution in [0.1, 0.15) is 46.0 Å². The molecule has 2 rings (SSSR count). The first-order valence-corrected chi connectivity index (χ1v) is 6.68. The third-order valence-electron chi connectivity index (χ3n) is 4.66. The average molecular weight is 224 g/mol. The van der Waals surface area contributed by atoms with Gasteiger partial charge in [0.1, 0.15) is 0 Å². The molecule has 1 aliphatic heterocycles. The third-order valence-corrected chi connectivity index (χ3v) is 4.66. The lowest BCUT2D eigenvalue weighted by Gasteiger charge is -2.41. The Bertz CT molecular complexity index is 255. The highest BCUT2D eigenvalue weighted by Gasteiger charge is 2.36. The van der Waals surface area contributed by atoms with E-state index in [1.54, 1.807) is 0 Å². The number of hydrogen-bond donors (Lipinski definition) is 2. The molecule has 0 radical (unpaired) electrons. The quantitative estimate of drug-likeness (QED) is 0.763. The van der Waals surface area contributed by atoms with Crippen molar-refractivity contribution in [3.63, 3.8) is 0 Å². The minimum atomic E-state index is 0.189. The first-order chi connectivity index (χ1) is 7.67. The van der Waals surface area contributed by atoms with Crippen LogP contribution in [0.5, 0.6) is 0 Å². The van der Waals surface area contributed by atoms with Crippen LogP contribution in [-0.4, -0.2) is 25.0 Å². The van der Waals surface area contributed by atoms with Gasteiger partial charge in [-0.15, -0.1) is 0 Å². The highest BCUT2D eigenvalue weighted by molar-refractivity contribution is 5.79. The number of amides is 1. The molecular formula is C13H24N2O. The highest BCUT2D eigenvalue weighted by Crippen LogP contribution is 2.43. The third kappa shape index (κ3) is 2.24. The topological polar surface area (TPSA) is 41.1 Å². The summed E-state index contributed by atoms with van der Waals surface area (Å²) in [6.45, 7) is 6.23. The van der Waals surface area contributed by atoms with Gasteiger partial charge >= 0.3 is 0 Å². The Morgan fingerprint density at radius 2 is 2.25 bits per heavy atom. The van der Waals surface area contributed by atoms with E-state index in [0.717, 1.165) is 19.5 Å². The summed E-state index contributed by atoms with van der Waals surface area (Å²) in [5, 5.41) is 6.50. The average Bonchev–Trinajstić information content (AvgIpc) is 2.63. The molecule has 2 N–H and O–H groups in total. The van der Waals surface area contributed by atoms with Gasteiger partial charge in [-0.1, -0.05) is 13.3 Å². The summed E-state index contributed by atoms with van der Waals surface area (Å²) in [6.07, 6.45) is 6.12. The summed E-state index contributed by atoms with van der Waals surface area (Å²) < 4.78 is 0. The van der Waals surface area contributed by atoms with E-state index in [0.29, 0.717) is 11.5 Å². The van der Waals surface area contributed by atoms with Crippen molar-refractivity contribution in [2.24, 2.45) is 11.3 Å². The van der Waals surface area contributed by atoms with Gasteiger partial charge < -0.3 is 10.6 Å². The Labute approximate surface area is 98.4 Å². The van der Waals surface area contributed by atoms with Crippen molar-refractivity contribution in [2.75, 3.05) is 13.1 Å². The molecule has 1 heterocycles. The van der Waals surface area contributed by atoms with Gasteiger partial charge in [-0.05, 0) is 44.6 Å². The number of carbonyl (C=O) groups is 1. The van der Waals surface area contributed by atoms with E-state index in [2.05, 4.69) is 24.5 Å². The van der Waals surface area contributed by atoms with Crippen LogP contribution in [0.25, 0.3) is 0 Å². The molecule has 3 heteroatoms. The van der Waals surface area contributed by atoms with E-state index in [4.69, 9.17) is 0 Å². The molecule has 2 aliphatic rings. The second-order valence-electron chi connectivity index (χ2n) is 5.56. The Kier molecular flexibility index (Phi) is 3.53. The molecule has 16 heavy (non-hydrogen) atoms. The molecule has 1 saturated heterocycles. The molecule has 0 bridgehead atoms. The van der Waals surface area contributed by atoms with E-state index in [1.165, 1.54) is 25.7 Å². The standard InChI is InChI=1S/C13H24N2O/c1-3-13(6-4-7-13)9-15-12(16)11-5-8-14-10(11)2/h10-11,14H,3-9H2,1-2H3,(H,15,16). The van der Waals surface area contributed by atoms with Gasteiger partial charge in [-0.2, -0.15) is 0 Å². The van der Waals surface area contributed by atoms with Crippen LogP contribution in [-0.2, 0) is 4.79 Å². The smallest absolute Gasteiger partial charge is 0.224 e. The fourth-order valence-corrected chi connectivity index (χ4v) is 2.95. The molecule has 1 aliphatic carbocycles. The van der Waals surface area contributed by atoms with Crippen molar-refractivity contribution < 1.29 is 4.79 Å². The normalized spacial score (nSPS) is 32.1. The van der Waals surface area contributed by atoms with Gasteiger partial charge in [0.15, 0.2) is 0 Å². The Morgan fingerprint density at radius 3 is 2.69 bits per heavy atom. The summed E-state index contributed by atoms with van der Waals surface area (Å²) in [7, 11) is 0. The number of carbonyl (C=O) groups excluding carboxylic acids is 1. The molecule has 3 nitrogen and oxygen atoms in total. The number of hydrogen-bond acceptors (Lipinski definition) is 2. The molecule has 1 saturated carbocycles.